The zero-order chi connectivity index (χ0) is 12.7. The van der Waals surface area contributed by atoms with Gasteiger partial charge in [-0.15, -0.1) is 0 Å². The number of furan rings is 1. The van der Waals surface area contributed by atoms with Crippen LogP contribution in [-0.4, -0.2) is 19.1 Å². The van der Waals surface area contributed by atoms with E-state index in [-0.39, 0.29) is 5.91 Å². The van der Waals surface area contributed by atoms with Crippen LogP contribution in [0.5, 0.6) is 5.75 Å². The van der Waals surface area contributed by atoms with E-state index in [4.69, 9.17) is 9.15 Å². The average Bonchev–Trinajstić information content (AvgIpc) is 3.06. The maximum absolute atomic E-state index is 12.0. The van der Waals surface area contributed by atoms with E-state index in [0.29, 0.717) is 27.6 Å². The minimum Gasteiger partial charge on any atom is -0.496 e. The van der Waals surface area contributed by atoms with E-state index >= 15 is 0 Å². The van der Waals surface area contributed by atoms with Gasteiger partial charge >= 0.3 is 0 Å². The van der Waals surface area contributed by atoms with Crippen molar-refractivity contribution in [2.45, 2.75) is 18.9 Å². The molecule has 1 N–H and O–H groups in total. The highest BCUT2D eigenvalue weighted by molar-refractivity contribution is 9.10. The third kappa shape index (κ3) is 2.10. The Morgan fingerprint density at radius 3 is 2.89 bits per heavy atom. The molecule has 5 heteroatoms. The molecule has 0 bridgehead atoms. The van der Waals surface area contributed by atoms with Gasteiger partial charge in [-0.2, -0.15) is 0 Å². The lowest BCUT2D eigenvalue weighted by Gasteiger charge is -2.06. The highest BCUT2D eigenvalue weighted by Gasteiger charge is 2.24. The zero-order valence-corrected chi connectivity index (χ0v) is 11.4. The minimum absolute atomic E-state index is 0.0785. The molecule has 0 unspecified atom stereocenters. The Morgan fingerprint density at radius 1 is 1.44 bits per heavy atom. The number of rotatable bonds is 3. The third-order valence-corrected chi connectivity index (χ3v) is 3.35. The van der Waals surface area contributed by atoms with Gasteiger partial charge in [-0.25, -0.2) is 0 Å². The zero-order valence-electron chi connectivity index (χ0n) is 9.83. The summed E-state index contributed by atoms with van der Waals surface area (Å²) >= 11 is 3.28. The van der Waals surface area contributed by atoms with Crippen LogP contribution in [0.25, 0.3) is 11.0 Å². The molecule has 1 aliphatic rings. The quantitative estimate of drug-likeness (QED) is 0.948. The monoisotopic (exact) mass is 309 g/mol. The van der Waals surface area contributed by atoms with Gasteiger partial charge in [0.15, 0.2) is 4.67 Å². The summed E-state index contributed by atoms with van der Waals surface area (Å²) < 4.78 is 11.4. The molecule has 1 aromatic heterocycles. The Hall–Kier alpha value is -1.49. The molecule has 4 nitrogen and oxygen atoms in total. The number of amides is 1. The van der Waals surface area contributed by atoms with Crippen LogP contribution in [0, 0.1) is 0 Å². The number of fused-ring (bicyclic) bond motifs is 1. The van der Waals surface area contributed by atoms with Gasteiger partial charge in [0.25, 0.3) is 5.91 Å². The Labute approximate surface area is 112 Å². The predicted molar refractivity (Wildman–Crippen MR) is 71.0 cm³/mol. The molecule has 1 heterocycles. The Morgan fingerprint density at radius 2 is 2.22 bits per heavy atom. The second-order valence-corrected chi connectivity index (χ2v) is 5.17. The molecule has 0 saturated heterocycles. The number of ether oxygens (including phenoxy) is 1. The first-order valence-electron chi connectivity index (χ1n) is 5.75. The number of methoxy groups -OCH3 is 1. The van der Waals surface area contributed by atoms with E-state index in [0.717, 1.165) is 18.2 Å². The molecular weight excluding hydrogens is 298 g/mol. The molecule has 0 aliphatic heterocycles. The fourth-order valence-corrected chi connectivity index (χ4v) is 2.28. The molecule has 1 amide bonds. The van der Waals surface area contributed by atoms with Crippen molar-refractivity contribution in [1.29, 1.82) is 0 Å². The van der Waals surface area contributed by atoms with Gasteiger partial charge in [-0.3, -0.25) is 4.79 Å². The van der Waals surface area contributed by atoms with Crippen LogP contribution < -0.4 is 10.1 Å². The van der Waals surface area contributed by atoms with E-state index in [1.807, 2.05) is 6.07 Å². The van der Waals surface area contributed by atoms with Crippen LogP contribution >= 0.6 is 15.9 Å². The molecule has 0 radical (unpaired) electrons. The summed E-state index contributed by atoms with van der Waals surface area (Å²) in [5.41, 5.74) is 1.20. The largest absolute Gasteiger partial charge is 0.496 e. The van der Waals surface area contributed by atoms with Gasteiger partial charge in [-0.05, 0) is 40.9 Å². The van der Waals surface area contributed by atoms with Gasteiger partial charge in [-0.1, -0.05) is 0 Å². The summed E-state index contributed by atoms with van der Waals surface area (Å²) in [7, 11) is 1.58. The maximum Gasteiger partial charge on any atom is 0.251 e. The standard InChI is InChI=1S/C13H12BrNO3/c1-17-10-4-7(13(16)15-8-2-3-8)5-11-9(10)6-12(14)18-11/h4-6,8H,2-3H2,1H3,(H,15,16). The Bertz CT molecular complexity index is 616. The number of hydrogen-bond acceptors (Lipinski definition) is 3. The van der Waals surface area contributed by atoms with Crippen LogP contribution in [-0.2, 0) is 0 Å². The van der Waals surface area contributed by atoms with Crippen LogP contribution in [0.1, 0.15) is 23.2 Å². The minimum atomic E-state index is -0.0785. The van der Waals surface area contributed by atoms with E-state index in [1.165, 1.54) is 0 Å². The van der Waals surface area contributed by atoms with Crippen molar-refractivity contribution in [3.8, 4) is 5.75 Å². The van der Waals surface area contributed by atoms with Gasteiger partial charge in [0, 0.05) is 17.7 Å². The van der Waals surface area contributed by atoms with Gasteiger partial charge in [0.2, 0.25) is 0 Å². The molecule has 3 rings (SSSR count). The molecule has 1 fully saturated rings. The number of carbonyl (C=O) groups excluding carboxylic acids is 1. The fraction of sp³-hybridized carbons (Fsp3) is 0.308. The van der Waals surface area contributed by atoms with Crippen molar-refractivity contribution in [3.63, 3.8) is 0 Å². The molecule has 1 saturated carbocycles. The predicted octanol–water partition coefficient (Wildman–Crippen LogP) is 3.10. The molecular formula is C13H12BrNO3. The second kappa shape index (κ2) is 4.31. The van der Waals surface area contributed by atoms with Crippen molar-refractivity contribution >= 4 is 32.8 Å². The van der Waals surface area contributed by atoms with Gasteiger partial charge in [0.1, 0.15) is 11.3 Å². The van der Waals surface area contributed by atoms with Crippen molar-refractivity contribution in [3.05, 3.63) is 28.4 Å². The molecule has 1 aromatic carbocycles. The van der Waals surface area contributed by atoms with E-state index in [1.54, 1.807) is 19.2 Å². The van der Waals surface area contributed by atoms with E-state index in [9.17, 15) is 4.79 Å². The molecule has 18 heavy (non-hydrogen) atoms. The van der Waals surface area contributed by atoms with Crippen LogP contribution in [0.2, 0.25) is 0 Å². The molecule has 94 valence electrons. The topological polar surface area (TPSA) is 51.5 Å². The summed E-state index contributed by atoms with van der Waals surface area (Å²) in [6, 6.07) is 5.64. The number of hydrogen-bond donors (Lipinski definition) is 1. The van der Waals surface area contributed by atoms with Crippen molar-refractivity contribution in [2.24, 2.45) is 0 Å². The molecule has 0 atom stereocenters. The lowest BCUT2D eigenvalue weighted by Crippen LogP contribution is -2.25. The van der Waals surface area contributed by atoms with E-state index < -0.39 is 0 Å². The highest BCUT2D eigenvalue weighted by atomic mass is 79.9. The summed E-state index contributed by atoms with van der Waals surface area (Å²) in [5.74, 6) is 0.563. The summed E-state index contributed by atoms with van der Waals surface area (Å²) in [5, 5.41) is 3.80. The number of carbonyl (C=O) groups is 1. The third-order valence-electron chi connectivity index (χ3n) is 2.96. The second-order valence-electron chi connectivity index (χ2n) is 4.39. The first-order valence-corrected chi connectivity index (χ1v) is 6.54. The number of benzene rings is 1. The van der Waals surface area contributed by atoms with Gasteiger partial charge in [0.05, 0.1) is 12.5 Å². The normalized spacial score (nSPS) is 14.8. The first kappa shape index (κ1) is 11.6. The van der Waals surface area contributed by atoms with Crippen molar-refractivity contribution in [2.75, 3.05) is 7.11 Å². The van der Waals surface area contributed by atoms with E-state index in [2.05, 4.69) is 21.2 Å². The number of nitrogens with one attached hydrogen (secondary N) is 1. The van der Waals surface area contributed by atoms with Crippen molar-refractivity contribution < 1.29 is 13.9 Å². The molecule has 2 aromatic rings. The smallest absolute Gasteiger partial charge is 0.251 e. The molecule has 1 aliphatic carbocycles. The Kier molecular flexibility index (Phi) is 2.78. The Balaban J connectivity index is 2.03. The van der Waals surface area contributed by atoms with Gasteiger partial charge < -0.3 is 14.5 Å². The van der Waals surface area contributed by atoms with Crippen LogP contribution in [0.15, 0.2) is 27.3 Å². The summed E-state index contributed by atoms with van der Waals surface area (Å²) in [4.78, 5) is 12.0. The summed E-state index contributed by atoms with van der Waals surface area (Å²) in [6.45, 7) is 0. The maximum atomic E-state index is 12.0. The average molecular weight is 310 g/mol. The van der Waals surface area contributed by atoms with Crippen molar-refractivity contribution in [1.82, 2.24) is 5.32 Å². The SMILES string of the molecule is COc1cc(C(=O)NC2CC2)cc2oc(Br)cc12. The highest BCUT2D eigenvalue weighted by Crippen LogP contribution is 2.32. The van der Waals surface area contributed by atoms with Crippen LogP contribution in [0.4, 0.5) is 0 Å². The lowest BCUT2D eigenvalue weighted by atomic mass is 10.1. The summed E-state index contributed by atoms with van der Waals surface area (Å²) in [6.07, 6.45) is 2.13. The fourth-order valence-electron chi connectivity index (χ4n) is 1.87. The first-order chi connectivity index (χ1) is 8.67. The molecule has 0 spiro atoms. The van der Waals surface area contributed by atoms with Crippen LogP contribution in [0.3, 0.4) is 0 Å². The number of halogens is 1. The lowest BCUT2D eigenvalue weighted by molar-refractivity contribution is 0.0951.